The fourth-order valence-electron chi connectivity index (χ4n) is 5.16. The van der Waals surface area contributed by atoms with Crippen molar-refractivity contribution in [3.8, 4) is 56.2 Å². The number of nitrogens with zero attached hydrogens (tertiary/aromatic N) is 3. The summed E-state index contributed by atoms with van der Waals surface area (Å²) in [4.78, 5) is 14.3. The van der Waals surface area contributed by atoms with Crippen LogP contribution in [0, 0.1) is 0 Å². The van der Waals surface area contributed by atoms with Crippen LogP contribution in [0.4, 0.5) is 0 Å². The molecule has 0 fully saturated rings. The molecule has 0 aliphatic heterocycles. The van der Waals surface area contributed by atoms with Gasteiger partial charge in [0.1, 0.15) is 0 Å². The van der Waals surface area contributed by atoms with E-state index in [-0.39, 0.29) is 0 Å². The van der Waals surface area contributed by atoms with Crippen LogP contribution in [0.5, 0.6) is 0 Å². The van der Waals surface area contributed by atoms with Crippen molar-refractivity contribution in [1.82, 2.24) is 15.0 Å². The van der Waals surface area contributed by atoms with Crippen LogP contribution < -0.4 is 0 Å². The minimum Gasteiger partial charge on any atom is -0.264 e. The molecular formula is C37H25N3. The van der Waals surface area contributed by atoms with Crippen LogP contribution in [0.1, 0.15) is 0 Å². The van der Waals surface area contributed by atoms with Gasteiger partial charge in [0, 0.05) is 34.6 Å². The summed E-state index contributed by atoms with van der Waals surface area (Å²) in [6.07, 6.45) is 3.73. The summed E-state index contributed by atoms with van der Waals surface area (Å²) in [6, 6.07) is 48.3. The van der Waals surface area contributed by atoms with E-state index in [0.717, 1.165) is 45.0 Å². The predicted octanol–water partition coefficient (Wildman–Crippen LogP) is 9.36. The van der Waals surface area contributed by atoms with Gasteiger partial charge in [-0.1, -0.05) is 115 Å². The quantitative estimate of drug-likeness (QED) is 0.231. The standard InChI is InChI=1S/C37H25N3/c1-3-10-26(11-4-1)35-24-36(40-37(39-35)27-12-5-2-6-13-27)31-16-7-14-28(23-31)29-19-20-34-30(22-29)15-8-18-33(34)32-17-9-21-38-25-32/h1-25H. The number of hydrogen-bond donors (Lipinski definition) is 0. The molecule has 0 bridgehead atoms. The van der Waals surface area contributed by atoms with Crippen molar-refractivity contribution in [2.45, 2.75) is 0 Å². The lowest BCUT2D eigenvalue weighted by Gasteiger charge is -2.12. The van der Waals surface area contributed by atoms with Gasteiger partial charge in [-0.25, -0.2) is 9.97 Å². The Balaban J connectivity index is 1.32. The molecule has 40 heavy (non-hydrogen) atoms. The highest BCUT2D eigenvalue weighted by atomic mass is 14.9. The van der Waals surface area contributed by atoms with Crippen molar-refractivity contribution in [1.29, 1.82) is 0 Å². The lowest BCUT2D eigenvalue weighted by Crippen LogP contribution is -1.96. The minimum absolute atomic E-state index is 0.719. The average Bonchev–Trinajstić information content (AvgIpc) is 3.05. The first kappa shape index (κ1) is 23.7. The molecule has 3 heteroatoms. The first-order chi connectivity index (χ1) is 19.8. The molecule has 0 aliphatic rings. The first-order valence-corrected chi connectivity index (χ1v) is 13.4. The summed E-state index contributed by atoms with van der Waals surface area (Å²) in [5.74, 6) is 0.719. The van der Waals surface area contributed by atoms with Crippen LogP contribution in [0.15, 0.2) is 152 Å². The third-order valence-corrected chi connectivity index (χ3v) is 7.17. The highest BCUT2D eigenvalue weighted by Crippen LogP contribution is 2.34. The van der Waals surface area contributed by atoms with Gasteiger partial charge in [0.2, 0.25) is 0 Å². The molecule has 2 aromatic heterocycles. The Kier molecular flexibility index (Phi) is 6.15. The second-order valence-corrected chi connectivity index (χ2v) is 9.76. The molecule has 0 saturated heterocycles. The smallest absolute Gasteiger partial charge is 0.160 e. The van der Waals surface area contributed by atoms with Crippen molar-refractivity contribution in [3.05, 3.63) is 152 Å². The third-order valence-electron chi connectivity index (χ3n) is 7.17. The van der Waals surface area contributed by atoms with E-state index < -0.39 is 0 Å². The van der Waals surface area contributed by atoms with Crippen LogP contribution >= 0.6 is 0 Å². The minimum atomic E-state index is 0.719. The van der Waals surface area contributed by atoms with Crippen molar-refractivity contribution in [2.75, 3.05) is 0 Å². The highest BCUT2D eigenvalue weighted by Gasteiger charge is 2.12. The van der Waals surface area contributed by atoms with E-state index in [4.69, 9.17) is 9.97 Å². The fourth-order valence-corrected chi connectivity index (χ4v) is 5.16. The molecule has 0 atom stereocenters. The maximum Gasteiger partial charge on any atom is 0.160 e. The Morgan fingerprint density at radius 3 is 1.82 bits per heavy atom. The zero-order valence-corrected chi connectivity index (χ0v) is 21.8. The highest BCUT2D eigenvalue weighted by molar-refractivity contribution is 5.98. The predicted molar refractivity (Wildman–Crippen MR) is 165 cm³/mol. The Morgan fingerprint density at radius 2 is 1.05 bits per heavy atom. The second-order valence-electron chi connectivity index (χ2n) is 9.76. The number of hydrogen-bond acceptors (Lipinski definition) is 3. The topological polar surface area (TPSA) is 38.7 Å². The van der Waals surface area contributed by atoms with Gasteiger partial charge in [-0.15, -0.1) is 0 Å². The Labute approximate surface area is 233 Å². The Hall–Kier alpha value is -5.41. The average molecular weight is 512 g/mol. The van der Waals surface area contributed by atoms with Gasteiger partial charge >= 0.3 is 0 Å². The van der Waals surface area contributed by atoms with Crippen molar-refractivity contribution in [3.63, 3.8) is 0 Å². The molecule has 0 unspecified atom stereocenters. The van der Waals surface area contributed by atoms with Gasteiger partial charge in [-0.3, -0.25) is 4.98 Å². The van der Waals surface area contributed by atoms with E-state index in [0.29, 0.717) is 0 Å². The van der Waals surface area contributed by atoms with Gasteiger partial charge in [0.05, 0.1) is 11.4 Å². The molecule has 188 valence electrons. The van der Waals surface area contributed by atoms with Gasteiger partial charge in [0.25, 0.3) is 0 Å². The van der Waals surface area contributed by atoms with E-state index in [1.807, 2.05) is 54.9 Å². The number of aromatic nitrogens is 3. The molecular weight excluding hydrogens is 486 g/mol. The number of benzene rings is 5. The monoisotopic (exact) mass is 511 g/mol. The molecule has 0 amide bonds. The summed E-state index contributed by atoms with van der Waals surface area (Å²) in [5.41, 5.74) is 9.54. The summed E-state index contributed by atoms with van der Waals surface area (Å²) >= 11 is 0. The van der Waals surface area contributed by atoms with E-state index in [2.05, 4.69) is 102 Å². The van der Waals surface area contributed by atoms with E-state index in [1.54, 1.807) is 0 Å². The fraction of sp³-hybridized carbons (Fsp3) is 0. The lowest BCUT2D eigenvalue weighted by atomic mass is 9.95. The van der Waals surface area contributed by atoms with Crippen molar-refractivity contribution >= 4 is 10.8 Å². The molecule has 2 heterocycles. The van der Waals surface area contributed by atoms with Crippen molar-refractivity contribution in [2.24, 2.45) is 0 Å². The number of rotatable bonds is 5. The van der Waals surface area contributed by atoms with Gasteiger partial charge in [-0.05, 0) is 51.7 Å². The second kappa shape index (κ2) is 10.4. The molecule has 0 N–H and O–H groups in total. The summed E-state index contributed by atoms with van der Waals surface area (Å²) in [6.45, 7) is 0. The summed E-state index contributed by atoms with van der Waals surface area (Å²) in [7, 11) is 0. The van der Waals surface area contributed by atoms with Crippen LogP contribution in [0.3, 0.4) is 0 Å². The van der Waals surface area contributed by atoms with Crippen LogP contribution in [-0.2, 0) is 0 Å². The number of fused-ring (bicyclic) bond motifs is 1. The van der Waals surface area contributed by atoms with Gasteiger partial charge in [0.15, 0.2) is 5.82 Å². The number of pyridine rings is 1. The molecule has 5 aromatic carbocycles. The molecule has 0 spiro atoms. The lowest BCUT2D eigenvalue weighted by molar-refractivity contribution is 1.18. The Bertz CT molecular complexity index is 1870. The molecule has 7 rings (SSSR count). The molecule has 7 aromatic rings. The van der Waals surface area contributed by atoms with Gasteiger partial charge in [-0.2, -0.15) is 0 Å². The third kappa shape index (κ3) is 4.65. The van der Waals surface area contributed by atoms with Crippen LogP contribution in [-0.4, -0.2) is 15.0 Å². The molecule has 0 aliphatic carbocycles. The maximum atomic E-state index is 5.01. The normalized spacial score (nSPS) is 11.0. The largest absolute Gasteiger partial charge is 0.264 e. The maximum absolute atomic E-state index is 5.01. The van der Waals surface area contributed by atoms with Crippen molar-refractivity contribution < 1.29 is 0 Å². The van der Waals surface area contributed by atoms with Crippen LogP contribution in [0.2, 0.25) is 0 Å². The molecule has 0 saturated carbocycles. The zero-order valence-electron chi connectivity index (χ0n) is 21.8. The zero-order chi connectivity index (χ0) is 26.7. The molecule has 3 nitrogen and oxygen atoms in total. The summed E-state index contributed by atoms with van der Waals surface area (Å²) < 4.78 is 0. The van der Waals surface area contributed by atoms with E-state index in [1.165, 1.54) is 21.9 Å². The van der Waals surface area contributed by atoms with E-state index in [9.17, 15) is 0 Å². The SMILES string of the molecule is c1ccc(-c2cc(-c3cccc(-c4ccc5c(-c6cccnc6)cccc5c4)c3)nc(-c3ccccc3)n2)cc1. The van der Waals surface area contributed by atoms with Gasteiger partial charge < -0.3 is 0 Å². The molecule has 0 radical (unpaired) electrons. The Morgan fingerprint density at radius 1 is 0.400 bits per heavy atom. The van der Waals surface area contributed by atoms with E-state index >= 15 is 0 Å². The van der Waals surface area contributed by atoms with Crippen LogP contribution in [0.25, 0.3) is 66.9 Å². The first-order valence-electron chi connectivity index (χ1n) is 13.4. The summed E-state index contributed by atoms with van der Waals surface area (Å²) in [5, 5.41) is 2.41.